The lowest BCUT2D eigenvalue weighted by Gasteiger charge is -2.09. The molecule has 0 amide bonds. The molecule has 0 saturated carbocycles. The lowest BCUT2D eigenvalue weighted by molar-refractivity contribution is 1.16. The molecule has 0 spiro atoms. The normalized spacial score (nSPS) is 10.8. The summed E-state index contributed by atoms with van der Waals surface area (Å²) in [5.74, 6) is 6.44. The van der Waals surface area contributed by atoms with Gasteiger partial charge in [-0.1, -0.05) is 11.6 Å². The molecule has 0 radical (unpaired) electrons. The first-order valence-electron chi connectivity index (χ1n) is 5.61. The van der Waals surface area contributed by atoms with Crippen molar-refractivity contribution >= 4 is 66.5 Å². The number of fused-ring (bicyclic) bond motifs is 1. The number of hydrogen-bond donors (Lipinski definition) is 3. The summed E-state index contributed by atoms with van der Waals surface area (Å²) in [4.78, 5) is 9.48. The summed E-state index contributed by atoms with van der Waals surface area (Å²) in [5.41, 5.74) is 3.31. The molecule has 2 heterocycles. The van der Waals surface area contributed by atoms with Crippen LogP contribution in [0, 0.1) is 0 Å². The Hall–Kier alpha value is -1.41. The summed E-state index contributed by atoms with van der Waals surface area (Å²) in [6.07, 6.45) is 0. The lowest BCUT2D eigenvalue weighted by Crippen LogP contribution is -2.11. The van der Waals surface area contributed by atoms with Crippen LogP contribution in [-0.4, -0.2) is 9.97 Å². The average molecular weight is 371 g/mol. The molecule has 0 aliphatic heterocycles. The predicted octanol–water partition coefficient (Wildman–Crippen LogP) is 4.14. The van der Waals surface area contributed by atoms with E-state index in [2.05, 4.69) is 36.6 Å². The maximum absolute atomic E-state index is 6.09. The van der Waals surface area contributed by atoms with E-state index in [1.165, 1.54) is 11.3 Å². The van der Waals surface area contributed by atoms with Gasteiger partial charge in [0.25, 0.3) is 0 Å². The van der Waals surface area contributed by atoms with Crippen molar-refractivity contribution in [2.75, 3.05) is 10.7 Å². The Morgan fingerprint density at radius 2 is 2.10 bits per heavy atom. The molecule has 0 fully saturated rings. The highest BCUT2D eigenvalue weighted by atomic mass is 79.9. The number of thiophene rings is 1. The van der Waals surface area contributed by atoms with Crippen LogP contribution in [0.4, 0.5) is 17.5 Å². The van der Waals surface area contributed by atoms with Crippen LogP contribution in [0.5, 0.6) is 0 Å². The number of nitrogens with two attached hydrogens (primary N) is 1. The van der Waals surface area contributed by atoms with Crippen LogP contribution >= 0.6 is 38.9 Å². The Kier molecular flexibility index (Phi) is 3.75. The highest BCUT2D eigenvalue weighted by Gasteiger charge is 2.09. The van der Waals surface area contributed by atoms with Gasteiger partial charge in [-0.2, -0.15) is 4.98 Å². The summed E-state index contributed by atoms with van der Waals surface area (Å²) in [6, 6.07) is 7.56. The summed E-state index contributed by atoms with van der Waals surface area (Å²) in [7, 11) is 0. The van der Waals surface area contributed by atoms with Crippen LogP contribution in [0.1, 0.15) is 0 Å². The molecular formula is C12H9BrClN5S. The fourth-order valence-corrected chi connectivity index (χ4v) is 2.92. The minimum Gasteiger partial charge on any atom is -0.339 e. The van der Waals surface area contributed by atoms with Crippen molar-refractivity contribution in [2.24, 2.45) is 5.84 Å². The van der Waals surface area contributed by atoms with Gasteiger partial charge >= 0.3 is 0 Å². The molecule has 0 aliphatic carbocycles. The lowest BCUT2D eigenvalue weighted by atomic mass is 10.3. The number of nitrogen functional groups attached to an aromatic ring is 1. The van der Waals surface area contributed by atoms with Gasteiger partial charge in [0.2, 0.25) is 5.95 Å². The number of aromatic nitrogens is 2. The third-order valence-electron chi connectivity index (χ3n) is 2.64. The molecule has 0 atom stereocenters. The van der Waals surface area contributed by atoms with Gasteiger partial charge in [0.05, 0.1) is 10.4 Å². The first-order chi connectivity index (χ1) is 9.67. The summed E-state index contributed by atoms with van der Waals surface area (Å²) >= 11 is 11.0. The summed E-state index contributed by atoms with van der Waals surface area (Å²) in [5, 5.41) is 6.75. The second kappa shape index (κ2) is 5.53. The predicted molar refractivity (Wildman–Crippen MR) is 87.7 cm³/mol. The van der Waals surface area contributed by atoms with Gasteiger partial charge in [-0.15, -0.1) is 11.3 Å². The van der Waals surface area contributed by atoms with Crippen LogP contribution in [0.3, 0.4) is 0 Å². The zero-order valence-electron chi connectivity index (χ0n) is 10.0. The quantitative estimate of drug-likeness (QED) is 0.477. The minimum absolute atomic E-state index is 0.366. The maximum atomic E-state index is 6.09. The van der Waals surface area contributed by atoms with Crippen molar-refractivity contribution in [2.45, 2.75) is 0 Å². The first-order valence-corrected chi connectivity index (χ1v) is 7.66. The third kappa shape index (κ3) is 2.57. The zero-order chi connectivity index (χ0) is 14.1. The molecule has 0 saturated heterocycles. The molecule has 3 rings (SSSR count). The van der Waals surface area contributed by atoms with Crippen LogP contribution in [0.2, 0.25) is 5.02 Å². The van der Waals surface area contributed by atoms with Crippen molar-refractivity contribution in [1.82, 2.24) is 9.97 Å². The third-order valence-corrected chi connectivity index (χ3v) is 4.68. The molecule has 8 heteroatoms. The second-order valence-corrected chi connectivity index (χ2v) is 6.09. The van der Waals surface area contributed by atoms with Crippen LogP contribution in [-0.2, 0) is 0 Å². The molecular weight excluding hydrogens is 362 g/mol. The highest BCUT2D eigenvalue weighted by Crippen LogP contribution is 2.31. The van der Waals surface area contributed by atoms with Gasteiger partial charge in [-0.25, -0.2) is 10.8 Å². The molecule has 20 heavy (non-hydrogen) atoms. The topological polar surface area (TPSA) is 75.9 Å². The van der Waals surface area contributed by atoms with Crippen molar-refractivity contribution in [3.05, 3.63) is 39.1 Å². The average Bonchev–Trinajstić information content (AvgIpc) is 2.91. The molecule has 1 aromatic carbocycles. The van der Waals surface area contributed by atoms with Crippen molar-refractivity contribution in [3.8, 4) is 0 Å². The van der Waals surface area contributed by atoms with E-state index in [0.29, 0.717) is 16.8 Å². The smallest absolute Gasteiger partial charge is 0.240 e. The summed E-state index contributed by atoms with van der Waals surface area (Å²) < 4.78 is 0.845. The number of anilines is 3. The monoisotopic (exact) mass is 369 g/mol. The first kappa shape index (κ1) is 13.6. The largest absolute Gasteiger partial charge is 0.339 e. The van der Waals surface area contributed by atoms with Crippen molar-refractivity contribution in [1.29, 1.82) is 0 Å². The molecule has 3 aromatic rings. The number of rotatable bonds is 3. The number of halogens is 2. The van der Waals surface area contributed by atoms with E-state index >= 15 is 0 Å². The maximum Gasteiger partial charge on any atom is 0.240 e. The van der Waals surface area contributed by atoms with Gasteiger partial charge in [0.15, 0.2) is 0 Å². The van der Waals surface area contributed by atoms with Gasteiger partial charge in [0.1, 0.15) is 10.6 Å². The second-order valence-electron chi connectivity index (χ2n) is 3.93. The Morgan fingerprint density at radius 3 is 2.85 bits per heavy atom. The number of nitrogens with zero attached hydrogens (tertiary/aromatic N) is 2. The minimum atomic E-state index is 0.366. The van der Waals surface area contributed by atoms with Crippen LogP contribution in [0.15, 0.2) is 34.1 Å². The Balaban J connectivity index is 2.04. The highest BCUT2D eigenvalue weighted by molar-refractivity contribution is 9.10. The number of nitrogens with one attached hydrogen (secondary N) is 2. The zero-order valence-corrected chi connectivity index (χ0v) is 13.2. The number of hydrazine groups is 1. The van der Waals surface area contributed by atoms with E-state index in [9.17, 15) is 0 Å². The van der Waals surface area contributed by atoms with E-state index in [1.807, 2.05) is 29.6 Å². The number of benzene rings is 1. The SMILES string of the molecule is NNc1nc(Nc2ccc(Br)c(Cl)c2)c2ccsc2n1. The molecule has 2 aromatic heterocycles. The van der Waals surface area contributed by atoms with E-state index in [0.717, 1.165) is 20.4 Å². The van der Waals surface area contributed by atoms with Crippen molar-refractivity contribution in [3.63, 3.8) is 0 Å². The van der Waals surface area contributed by atoms with E-state index in [-0.39, 0.29) is 0 Å². The number of hydrogen-bond acceptors (Lipinski definition) is 6. The van der Waals surface area contributed by atoms with Crippen LogP contribution in [0.25, 0.3) is 10.2 Å². The Morgan fingerprint density at radius 1 is 1.25 bits per heavy atom. The molecule has 0 aliphatic rings. The van der Waals surface area contributed by atoms with Crippen LogP contribution < -0.4 is 16.6 Å². The fourth-order valence-electron chi connectivity index (χ4n) is 1.73. The Bertz CT molecular complexity index is 776. The van der Waals surface area contributed by atoms with Gasteiger partial charge in [-0.05, 0) is 45.6 Å². The molecule has 0 unspecified atom stereocenters. The fraction of sp³-hybridized carbons (Fsp3) is 0. The summed E-state index contributed by atoms with van der Waals surface area (Å²) in [6.45, 7) is 0. The van der Waals surface area contributed by atoms with Gasteiger partial charge in [-0.3, -0.25) is 5.43 Å². The van der Waals surface area contributed by atoms with E-state index in [4.69, 9.17) is 17.4 Å². The van der Waals surface area contributed by atoms with Gasteiger partial charge < -0.3 is 5.32 Å². The van der Waals surface area contributed by atoms with E-state index < -0.39 is 0 Å². The standard InChI is InChI=1S/C12H9BrClN5S/c13-8-2-1-6(5-9(8)14)16-10-7-3-4-20-11(7)18-12(17-10)19-15/h1-5H,15H2,(H2,16,17,18,19). The molecule has 0 bridgehead atoms. The van der Waals surface area contributed by atoms with E-state index in [1.54, 1.807) is 0 Å². The molecule has 102 valence electrons. The van der Waals surface area contributed by atoms with Gasteiger partial charge in [0, 0.05) is 10.2 Å². The Labute approximate surface area is 132 Å². The van der Waals surface area contributed by atoms with Crippen molar-refractivity contribution < 1.29 is 0 Å². The molecule has 4 N–H and O–H groups in total. The molecule has 5 nitrogen and oxygen atoms in total.